The highest BCUT2D eigenvalue weighted by Crippen LogP contribution is 2.15. The zero-order valence-corrected chi connectivity index (χ0v) is 10.5. The van der Waals surface area contributed by atoms with Crippen molar-refractivity contribution in [3.05, 3.63) is 24.0 Å². The van der Waals surface area contributed by atoms with Crippen molar-refractivity contribution in [3.8, 4) is 0 Å². The third kappa shape index (κ3) is 2.82. The number of halogens is 1. The Bertz CT molecular complexity index is 555. The summed E-state index contributed by atoms with van der Waals surface area (Å²) in [7, 11) is -0.870. The van der Waals surface area contributed by atoms with Gasteiger partial charge in [-0.15, -0.1) is 0 Å². The minimum Gasteiger partial charge on any atom is -0.355 e. The van der Waals surface area contributed by atoms with E-state index in [-0.39, 0.29) is 11.1 Å². The Labute approximate surface area is 101 Å². The molecule has 17 heavy (non-hydrogen) atoms. The van der Waals surface area contributed by atoms with E-state index in [1.807, 2.05) is 6.92 Å². The van der Waals surface area contributed by atoms with Crippen LogP contribution in [-0.4, -0.2) is 32.2 Å². The second-order valence-electron chi connectivity index (χ2n) is 3.94. The van der Waals surface area contributed by atoms with Crippen LogP contribution >= 0.6 is 0 Å². The Morgan fingerprint density at radius 2 is 2.35 bits per heavy atom. The number of nitrogens with one attached hydrogen (secondary N) is 2. The summed E-state index contributed by atoms with van der Waals surface area (Å²) < 4.78 is 24.1. The van der Waals surface area contributed by atoms with Crippen LogP contribution < -0.4 is 5.32 Å². The van der Waals surface area contributed by atoms with E-state index in [0.717, 1.165) is 0 Å². The first-order valence-corrected chi connectivity index (χ1v) is 6.90. The molecule has 0 aliphatic carbocycles. The van der Waals surface area contributed by atoms with Gasteiger partial charge in [0.25, 0.3) is 0 Å². The van der Waals surface area contributed by atoms with Crippen LogP contribution in [0.3, 0.4) is 0 Å². The first-order valence-electron chi connectivity index (χ1n) is 5.27. The molecule has 1 heterocycles. The molecule has 2 N–H and O–H groups in total. The summed E-state index contributed by atoms with van der Waals surface area (Å²) in [6, 6.07) is 4.39. The van der Waals surface area contributed by atoms with Crippen molar-refractivity contribution >= 4 is 27.8 Å². The SMILES string of the molecule is CC(CNc1nc2ccc(F)cc2[nH]1)S(C)=O. The topological polar surface area (TPSA) is 57.8 Å². The zero-order chi connectivity index (χ0) is 12.4. The standard InChI is InChI=1S/C11H14FN3OS/c1-7(17(2)16)6-13-11-14-9-4-3-8(12)5-10(9)15-11/h3-5,7H,6H2,1-2H3,(H2,13,14,15). The van der Waals surface area contributed by atoms with Gasteiger partial charge in [0, 0.05) is 28.9 Å². The molecule has 6 heteroatoms. The molecule has 1 aromatic heterocycles. The van der Waals surface area contributed by atoms with Gasteiger partial charge in [-0.3, -0.25) is 4.21 Å². The van der Waals surface area contributed by atoms with Gasteiger partial charge in [-0.05, 0) is 25.1 Å². The molecule has 0 bridgehead atoms. The van der Waals surface area contributed by atoms with E-state index >= 15 is 0 Å². The molecule has 4 nitrogen and oxygen atoms in total. The molecule has 0 radical (unpaired) electrons. The first-order chi connectivity index (χ1) is 8.06. The molecule has 2 atom stereocenters. The van der Waals surface area contributed by atoms with Crippen LogP contribution in [0.4, 0.5) is 10.3 Å². The average Bonchev–Trinajstić information content (AvgIpc) is 2.67. The molecule has 0 fully saturated rings. The Morgan fingerprint density at radius 3 is 3.06 bits per heavy atom. The van der Waals surface area contributed by atoms with Crippen LogP contribution in [-0.2, 0) is 10.8 Å². The van der Waals surface area contributed by atoms with Gasteiger partial charge in [-0.25, -0.2) is 9.37 Å². The Morgan fingerprint density at radius 1 is 1.59 bits per heavy atom. The number of rotatable bonds is 4. The van der Waals surface area contributed by atoms with Crippen molar-refractivity contribution in [2.45, 2.75) is 12.2 Å². The molecule has 0 saturated carbocycles. The van der Waals surface area contributed by atoms with Crippen molar-refractivity contribution in [2.75, 3.05) is 18.1 Å². The molecule has 2 unspecified atom stereocenters. The van der Waals surface area contributed by atoms with Gasteiger partial charge >= 0.3 is 0 Å². The van der Waals surface area contributed by atoms with Crippen LogP contribution in [0.5, 0.6) is 0 Å². The van der Waals surface area contributed by atoms with Gasteiger partial charge in [-0.2, -0.15) is 0 Å². The number of anilines is 1. The smallest absolute Gasteiger partial charge is 0.201 e. The summed E-state index contributed by atoms with van der Waals surface area (Å²) in [4.78, 5) is 7.22. The number of aromatic nitrogens is 2. The zero-order valence-electron chi connectivity index (χ0n) is 9.66. The predicted molar refractivity (Wildman–Crippen MR) is 68.1 cm³/mol. The van der Waals surface area contributed by atoms with E-state index in [2.05, 4.69) is 15.3 Å². The van der Waals surface area contributed by atoms with E-state index in [9.17, 15) is 8.60 Å². The number of imidazole rings is 1. The van der Waals surface area contributed by atoms with Crippen LogP contribution in [0.15, 0.2) is 18.2 Å². The lowest BCUT2D eigenvalue weighted by Crippen LogP contribution is -2.21. The normalized spacial score (nSPS) is 14.8. The molecule has 1 aromatic carbocycles. The summed E-state index contributed by atoms with van der Waals surface area (Å²) in [6.07, 6.45) is 1.67. The number of benzene rings is 1. The van der Waals surface area contributed by atoms with Crippen molar-refractivity contribution < 1.29 is 8.60 Å². The molecule has 0 aliphatic rings. The molecule has 2 aromatic rings. The number of aromatic amines is 1. The Balaban J connectivity index is 2.12. The number of fused-ring (bicyclic) bond motifs is 1. The maximum Gasteiger partial charge on any atom is 0.201 e. The van der Waals surface area contributed by atoms with Gasteiger partial charge in [0.05, 0.1) is 11.0 Å². The van der Waals surface area contributed by atoms with Crippen molar-refractivity contribution in [1.82, 2.24) is 9.97 Å². The number of H-pyrrole nitrogens is 1. The summed E-state index contributed by atoms with van der Waals surface area (Å²) >= 11 is 0. The highest BCUT2D eigenvalue weighted by Gasteiger charge is 2.08. The lowest BCUT2D eigenvalue weighted by atomic mass is 10.3. The fourth-order valence-electron chi connectivity index (χ4n) is 1.42. The number of hydrogen-bond acceptors (Lipinski definition) is 3. The number of nitrogens with zero attached hydrogens (tertiary/aromatic N) is 1. The molecule has 0 saturated heterocycles. The fraction of sp³-hybridized carbons (Fsp3) is 0.364. The van der Waals surface area contributed by atoms with Crippen molar-refractivity contribution in [3.63, 3.8) is 0 Å². The molecular weight excluding hydrogens is 241 g/mol. The van der Waals surface area contributed by atoms with Crippen LogP contribution in [0.1, 0.15) is 6.92 Å². The number of hydrogen-bond donors (Lipinski definition) is 2. The Kier molecular flexibility index (Phi) is 3.42. The largest absolute Gasteiger partial charge is 0.355 e. The highest BCUT2D eigenvalue weighted by atomic mass is 32.2. The highest BCUT2D eigenvalue weighted by molar-refractivity contribution is 7.84. The van der Waals surface area contributed by atoms with E-state index in [4.69, 9.17) is 0 Å². The molecule has 0 aliphatic heterocycles. The maximum absolute atomic E-state index is 13.0. The molecular formula is C11H14FN3OS. The van der Waals surface area contributed by atoms with Gasteiger partial charge in [0.15, 0.2) is 0 Å². The summed E-state index contributed by atoms with van der Waals surface area (Å²) in [6.45, 7) is 2.46. The summed E-state index contributed by atoms with van der Waals surface area (Å²) in [5.41, 5.74) is 1.36. The van der Waals surface area contributed by atoms with E-state index < -0.39 is 10.8 Å². The van der Waals surface area contributed by atoms with Gasteiger partial charge in [0.1, 0.15) is 5.82 Å². The van der Waals surface area contributed by atoms with Crippen LogP contribution in [0.25, 0.3) is 11.0 Å². The summed E-state index contributed by atoms with van der Waals surface area (Å²) in [5.74, 6) is 0.277. The lowest BCUT2D eigenvalue weighted by molar-refractivity contribution is 0.629. The third-order valence-electron chi connectivity index (χ3n) is 2.57. The molecule has 92 valence electrons. The summed E-state index contributed by atoms with van der Waals surface area (Å²) in [5, 5.41) is 3.09. The molecule has 2 rings (SSSR count). The first kappa shape index (κ1) is 12.0. The monoisotopic (exact) mass is 255 g/mol. The average molecular weight is 255 g/mol. The van der Waals surface area contributed by atoms with Crippen LogP contribution in [0.2, 0.25) is 0 Å². The van der Waals surface area contributed by atoms with Gasteiger partial charge < -0.3 is 10.3 Å². The molecule has 0 spiro atoms. The third-order valence-corrected chi connectivity index (χ3v) is 3.87. The Hall–Kier alpha value is -1.43. The maximum atomic E-state index is 13.0. The van der Waals surface area contributed by atoms with E-state index in [0.29, 0.717) is 23.5 Å². The lowest BCUT2D eigenvalue weighted by Gasteiger charge is -2.08. The quantitative estimate of drug-likeness (QED) is 0.877. The second kappa shape index (κ2) is 4.83. The van der Waals surface area contributed by atoms with Crippen molar-refractivity contribution in [2.24, 2.45) is 0 Å². The molecule has 0 amide bonds. The fourth-order valence-corrected chi connectivity index (χ4v) is 1.74. The van der Waals surface area contributed by atoms with Crippen molar-refractivity contribution in [1.29, 1.82) is 0 Å². The van der Waals surface area contributed by atoms with E-state index in [1.165, 1.54) is 12.1 Å². The predicted octanol–water partition coefficient (Wildman–Crippen LogP) is 1.88. The van der Waals surface area contributed by atoms with Gasteiger partial charge in [-0.1, -0.05) is 0 Å². The van der Waals surface area contributed by atoms with E-state index in [1.54, 1.807) is 12.3 Å². The second-order valence-corrected chi connectivity index (χ2v) is 5.74. The minimum atomic E-state index is -0.870. The minimum absolute atomic E-state index is 0.0416. The van der Waals surface area contributed by atoms with Gasteiger partial charge in [0.2, 0.25) is 5.95 Å². The van der Waals surface area contributed by atoms with Crippen LogP contribution in [0, 0.1) is 5.82 Å².